The van der Waals surface area contributed by atoms with Crippen molar-refractivity contribution >= 4 is 23.1 Å². The molecular formula is C18H13FN2O2. The monoisotopic (exact) mass is 308 g/mol. The van der Waals surface area contributed by atoms with Crippen LogP contribution in [-0.4, -0.2) is 23.7 Å². The highest BCUT2D eigenvalue weighted by Gasteiger charge is 2.23. The summed E-state index contributed by atoms with van der Waals surface area (Å²) in [5, 5.41) is 3.55. The molecule has 4 rings (SSSR count). The van der Waals surface area contributed by atoms with Crippen molar-refractivity contribution in [2.45, 2.75) is 6.42 Å². The topological polar surface area (TPSA) is 62.0 Å². The zero-order valence-electron chi connectivity index (χ0n) is 12.2. The molecule has 0 unspecified atom stereocenters. The predicted octanol–water partition coefficient (Wildman–Crippen LogP) is 3.07. The van der Waals surface area contributed by atoms with Crippen molar-refractivity contribution in [3.63, 3.8) is 0 Å². The maximum atomic E-state index is 13.8. The number of amides is 1. The van der Waals surface area contributed by atoms with Gasteiger partial charge in [0.2, 0.25) is 0 Å². The average molecular weight is 308 g/mol. The van der Waals surface area contributed by atoms with Gasteiger partial charge in [-0.25, -0.2) is 4.39 Å². The van der Waals surface area contributed by atoms with Gasteiger partial charge in [0.15, 0.2) is 0 Å². The van der Waals surface area contributed by atoms with Gasteiger partial charge in [0, 0.05) is 28.7 Å². The number of aromatic amines is 1. The second-order valence-corrected chi connectivity index (χ2v) is 5.60. The van der Waals surface area contributed by atoms with Crippen LogP contribution in [0.4, 0.5) is 4.39 Å². The van der Waals surface area contributed by atoms with Gasteiger partial charge in [-0.15, -0.1) is 0 Å². The van der Waals surface area contributed by atoms with E-state index in [0.717, 1.165) is 28.5 Å². The fraction of sp³-hybridized carbons (Fsp3) is 0.111. The summed E-state index contributed by atoms with van der Waals surface area (Å²) < 4.78 is 13.8. The molecule has 23 heavy (non-hydrogen) atoms. The Labute approximate surface area is 131 Å². The lowest BCUT2D eigenvalue weighted by molar-refractivity contribution is 0.0956. The van der Waals surface area contributed by atoms with E-state index in [1.165, 1.54) is 12.1 Å². The first-order valence-electron chi connectivity index (χ1n) is 7.35. The Morgan fingerprint density at radius 2 is 2.04 bits per heavy atom. The number of carbonyl (C=O) groups excluding carboxylic acids is 2. The van der Waals surface area contributed by atoms with Gasteiger partial charge in [0.05, 0.1) is 5.56 Å². The van der Waals surface area contributed by atoms with Gasteiger partial charge >= 0.3 is 0 Å². The van der Waals surface area contributed by atoms with Gasteiger partial charge in [-0.2, -0.15) is 0 Å². The number of hydrogen-bond acceptors (Lipinski definition) is 2. The highest BCUT2D eigenvalue weighted by Crippen LogP contribution is 2.34. The van der Waals surface area contributed by atoms with Gasteiger partial charge in [-0.05, 0) is 35.7 Å². The molecule has 1 aliphatic rings. The Hall–Kier alpha value is -2.95. The molecule has 1 aromatic heterocycles. The first kappa shape index (κ1) is 13.7. The summed E-state index contributed by atoms with van der Waals surface area (Å²) in [6.45, 7) is 0.489. The highest BCUT2D eigenvalue weighted by molar-refractivity contribution is 6.10. The zero-order chi connectivity index (χ0) is 16.0. The van der Waals surface area contributed by atoms with E-state index >= 15 is 0 Å². The summed E-state index contributed by atoms with van der Waals surface area (Å²) in [6.07, 6.45) is 1.44. The van der Waals surface area contributed by atoms with E-state index < -0.39 is 5.82 Å². The van der Waals surface area contributed by atoms with E-state index in [0.29, 0.717) is 29.6 Å². The fourth-order valence-electron chi connectivity index (χ4n) is 3.20. The molecule has 0 fully saturated rings. The molecule has 1 amide bonds. The number of halogens is 1. The summed E-state index contributed by atoms with van der Waals surface area (Å²) in [4.78, 5) is 26.4. The first-order valence-corrected chi connectivity index (χ1v) is 7.35. The Morgan fingerprint density at radius 1 is 1.17 bits per heavy atom. The van der Waals surface area contributed by atoms with Crippen LogP contribution in [0.3, 0.4) is 0 Å². The van der Waals surface area contributed by atoms with Crippen LogP contribution in [0, 0.1) is 5.82 Å². The van der Waals surface area contributed by atoms with Crippen LogP contribution in [-0.2, 0) is 6.42 Å². The molecule has 0 saturated carbocycles. The molecule has 2 N–H and O–H groups in total. The molecule has 114 valence electrons. The van der Waals surface area contributed by atoms with Crippen molar-refractivity contribution in [3.05, 3.63) is 58.9 Å². The first-order chi connectivity index (χ1) is 11.2. The van der Waals surface area contributed by atoms with E-state index in [1.54, 1.807) is 18.2 Å². The lowest BCUT2D eigenvalue weighted by atomic mass is 9.99. The number of nitrogens with one attached hydrogen (secondary N) is 2. The van der Waals surface area contributed by atoms with E-state index in [2.05, 4.69) is 10.3 Å². The molecule has 5 heteroatoms. The Kier molecular flexibility index (Phi) is 3.01. The molecule has 3 aromatic rings. The summed E-state index contributed by atoms with van der Waals surface area (Å²) in [5.74, 6) is -0.717. The third-order valence-corrected chi connectivity index (χ3v) is 4.18. The molecule has 2 aromatic carbocycles. The number of aldehydes is 1. The molecule has 0 atom stereocenters. The van der Waals surface area contributed by atoms with E-state index in [-0.39, 0.29) is 5.91 Å². The third-order valence-electron chi connectivity index (χ3n) is 4.18. The van der Waals surface area contributed by atoms with Gasteiger partial charge in [0.1, 0.15) is 12.1 Å². The normalized spacial score (nSPS) is 13.7. The molecule has 0 spiro atoms. The van der Waals surface area contributed by atoms with Crippen LogP contribution >= 0.6 is 0 Å². The quantitative estimate of drug-likeness (QED) is 0.715. The predicted molar refractivity (Wildman–Crippen MR) is 85.1 cm³/mol. The summed E-state index contributed by atoms with van der Waals surface area (Å²) in [6, 6.07) is 9.88. The SMILES string of the molecule is O=Cc1cccc(-c2[nH]c3cc(F)cc4c3c2CCNC4=O)c1. The Bertz CT molecular complexity index is 959. The van der Waals surface area contributed by atoms with Crippen molar-refractivity contribution in [1.82, 2.24) is 10.3 Å². The second kappa shape index (κ2) is 5.05. The van der Waals surface area contributed by atoms with Gasteiger partial charge in [-0.3, -0.25) is 9.59 Å². The number of hydrogen-bond donors (Lipinski definition) is 2. The van der Waals surface area contributed by atoms with Gasteiger partial charge < -0.3 is 10.3 Å². The van der Waals surface area contributed by atoms with Crippen LogP contribution in [0.2, 0.25) is 0 Å². The average Bonchev–Trinajstić information content (AvgIpc) is 2.83. The second-order valence-electron chi connectivity index (χ2n) is 5.60. The molecular weight excluding hydrogens is 295 g/mol. The standard InChI is InChI=1S/C18H13FN2O2/c19-12-7-14-16-13(4-5-20-18(14)23)17(21-15(16)8-12)11-3-1-2-10(6-11)9-22/h1-3,6-9,21H,4-5H2,(H,20,23). The number of rotatable bonds is 2. The number of aromatic nitrogens is 1. The van der Waals surface area contributed by atoms with E-state index in [4.69, 9.17) is 0 Å². The van der Waals surface area contributed by atoms with Crippen molar-refractivity contribution in [2.24, 2.45) is 0 Å². The zero-order valence-corrected chi connectivity index (χ0v) is 12.2. The van der Waals surface area contributed by atoms with Gasteiger partial charge in [-0.1, -0.05) is 18.2 Å². The van der Waals surface area contributed by atoms with Crippen LogP contribution in [0.15, 0.2) is 36.4 Å². The molecule has 1 aliphatic heterocycles. The summed E-state index contributed by atoms with van der Waals surface area (Å²) >= 11 is 0. The highest BCUT2D eigenvalue weighted by atomic mass is 19.1. The Balaban J connectivity index is 2.05. The van der Waals surface area contributed by atoms with Gasteiger partial charge in [0.25, 0.3) is 5.91 Å². The van der Waals surface area contributed by atoms with Crippen LogP contribution < -0.4 is 5.32 Å². The number of benzene rings is 2. The molecule has 0 bridgehead atoms. The van der Waals surface area contributed by atoms with Crippen LogP contribution in [0.5, 0.6) is 0 Å². The smallest absolute Gasteiger partial charge is 0.252 e. The minimum atomic E-state index is -0.453. The maximum Gasteiger partial charge on any atom is 0.252 e. The minimum absolute atomic E-state index is 0.263. The Morgan fingerprint density at radius 3 is 2.87 bits per heavy atom. The summed E-state index contributed by atoms with van der Waals surface area (Å²) in [7, 11) is 0. The van der Waals surface area contributed by atoms with Crippen molar-refractivity contribution in [2.75, 3.05) is 6.54 Å². The lowest BCUT2D eigenvalue weighted by Crippen LogP contribution is -2.23. The maximum absolute atomic E-state index is 13.8. The van der Waals surface area contributed by atoms with Crippen molar-refractivity contribution in [3.8, 4) is 11.3 Å². The minimum Gasteiger partial charge on any atom is -0.354 e. The number of carbonyl (C=O) groups is 2. The largest absolute Gasteiger partial charge is 0.354 e. The van der Waals surface area contributed by atoms with Crippen LogP contribution in [0.25, 0.3) is 22.2 Å². The van der Waals surface area contributed by atoms with E-state index in [9.17, 15) is 14.0 Å². The molecule has 0 radical (unpaired) electrons. The van der Waals surface area contributed by atoms with Crippen molar-refractivity contribution in [1.29, 1.82) is 0 Å². The van der Waals surface area contributed by atoms with Crippen molar-refractivity contribution < 1.29 is 14.0 Å². The number of H-pyrrole nitrogens is 1. The molecule has 4 nitrogen and oxygen atoms in total. The molecule has 2 heterocycles. The molecule has 0 aliphatic carbocycles. The third kappa shape index (κ3) is 2.12. The fourth-order valence-corrected chi connectivity index (χ4v) is 3.20. The van der Waals surface area contributed by atoms with Crippen LogP contribution in [0.1, 0.15) is 26.3 Å². The van der Waals surface area contributed by atoms with E-state index in [1.807, 2.05) is 6.07 Å². The summed E-state index contributed by atoms with van der Waals surface area (Å²) in [5.41, 5.74) is 4.16. The molecule has 0 saturated heterocycles. The lowest BCUT2D eigenvalue weighted by Gasteiger charge is -2.04.